The molecule has 5 aromatic rings. The van der Waals surface area contributed by atoms with Gasteiger partial charge in [-0.25, -0.2) is 0 Å². The number of anilines is 2. The van der Waals surface area contributed by atoms with E-state index in [1.807, 2.05) is 13.0 Å². The quantitative estimate of drug-likeness (QED) is 0.0307. The Kier molecular flexibility index (Phi) is 13.1. The number of ether oxygens (including phenoxy) is 3. The third-order valence-electron chi connectivity index (χ3n) is 14.4. The maximum absolute atomic E-state index is 15.2. The van der Waals surface area contributed by atoms with Gasteiger partial charge in [0, 0.05) is 39.8 Å². The number of aliphatic hydroxyl groups excluding tert-OH is 4. The SMILES string of the molecule is COc1c2c3c4c(c(CCC5CCC(C(=O)OCCO)CC5)c(=O)c5c(N)cc(CO)c(c6c(CO)cc(NCC7CCC(C(=O)OCCO)CC7)c(c1=O)c63)c54)C=C(C)C2C(C)=O. The number of aliphatic hydroxyl groups is 4. The van der Waals surface area contributed by atoms with Crippen molar-refractivity contribution in [2.24, 2.45) is 23.7 Å². The van der Waals surface area contributed by atoms with Crippen molar-refractivity contribution < 1.29 is 49.0 Å². The summed E-state index contributed by atoms with van der Waals surface area (Å²) in [5.74, 6) is -1.90. The Morgan fingerprint density at radius 3 is 1.83 bits per heavy atom. The number of benzene rings is 5. The second-order valence-electron chi connectivity index (χ2n) is 18.1. The molecule has 14 nitrogen and oxygen atoms in total. The first-order chi connectivity index (χ1) is 30.9. The van der Waals surface area contributed by atoms with Crippen molar-refractivity contribution in [2.45, 2.75) is 97.2 Å². The van der Waals surface area contributed by atoms with Crippen LogP contribution in [-0.4, -0.2) is 78.2 Å². The van der Waals surface area contributed by atoms with Gasteiger partial charge in [-0.05, 0) is 140 Å². The average Bonchev–Trinajstić information content (AvgIpc) is 3.43. The number of hydrogen-bond donors (Lipinski definition) is 6. The van der Waals surface area contributed by atoms with Crippen molar-refractivity contribution >= 4 is 78.3 Å². The Labute approximate surface area is 370 Å². The van der Waals surface area contributed by atoms with Gasteiger partial charge in [-0.15, -0.1) is 0 Å². The third kappa shape index (κ3) is 7.71. The van der Waals surface area contributed by atoms with E-state index in [0.717, 1.165) is 25.7 Å². The van der Waals surface area contributed by atoms with Crippen molar-refractivity contribution in [3.05, 3.63) is 66.0 Å². The van der Waals surface area contributed by atoms with Crippen molar-refractivity contribution in [2.75, 3.05) is 51.1 Å². The van der Waals surface area contributed by atoms with E-state index in [1.165, 1.54) is 14.0 Å². The maximum Gasteiger partial charge on any atom is 0.309 e. The highest BCUT2D eigenvalue weighted by atomic mass is 16.5. The minimum atomic E-state index is -0.922. The number of Topliss-reactive ketones (excluding diaryl/α,β-unsaturated/α-hetero) is 1. The molecule has 0 bridgehead atoms. The number of ketones is 1. The number of nitrogens with one attached hydrogen (secondary N) is 1. The fourth-order valence-electron chi connectivity index (χ4n) is 11.4. The first-order valence-electron chi connectivity index (χ1n) is 22.6. The standard InChI is InChI=1S/C50H58N2O12/c1-24-18-33-32(13-8-26-4-9-28(10-5-26)49(60)63-16-14-53)46(58)40-34(51)19-30(22-55)37-38-31(23-56)20-35(52-21-27-6-11-29(12-7-27)50(61)64-17-15-54)41-43(38)44(39(33)42(37)40)45(36(24)25(2)57)48(62-3)47(41)59/h18-20,26-29,36,52-56H,4-17,21-23,51H2,1-3H3. The summed E-state index contributed by atoms with van der Waals surface area (Å²) in [5.41, 5.74) is 9.76. The molecule has 0 aromatic heterocycles. The number of rotatable bonds is 16. The third-order valence-corrected chi connectivity index (χ3v) is 14.4. The summed E-state index contributed by atoms with van der Waals surface area (Å²) >= 11 is 0. The normalized spacial score (nSPS) is 21.1. The van der Waals surface area contributed by atoms with Crippen LogP contribution in [0.3, 0.4) is 0 Å². The number of nitrogen functional groups attached to an aromatic ring is 1. The molecule has 5 aromatic carbocycles. The van der Waals surface area contributed by atoms with Gasteiger partial charge < -0.3 is 45.7 Å². The number of carbonyl (C=O) groups excluding carboxylic acids is 3. The van der Waals surface area contributed by atoms with Crippen LogP contribution in [0.4, 0.5) is 11.4 Å². The smallest absolute Gasteiger partial charge is 0.309 e. The largest absolute Gasteiger partial charge is 0.492 e. The van der Waals surface area contributed by atoms with E-state index >= 15 is 9.59 Å². The van der Waals surface area contributed by atoms with Crippen molar-refractivity contribution in [1.29, 1.82) is 0 Å². The molecule has 64 heavy (non-hydrogen) atoms. The lowest BCUT2D eigenvalue weighted by Gasteiger charge is -2.29. The Balaban J connectivity index is 1.34. The van der Waals surface area contributed by atoms with Gasteiger partial charge in [-0.1, -0.05) is 11.6 Å². The van der Waals surface area contributed by atoms with Gasteiger partial charge in [0.05, 0.1) is 62.1 Å². The highest BCUT2D eigenvalue weighted by molar-refractivity contribution is 6.39. The summed E-state index contributed by atoms with van der Waals surface area (Å²) in [6, 6.07) is 3.35. The van der Waals surface area contributed by atoms with Crippen LogP contribution in [0, 0.1) is 23.7 Å². The monoisotopic (exact) mass is 878 g/mol. The average molecular weight is 879 g/mol. The molecular formula is C50H58N2O12. The summed E-state index contributed by atoms with van der Waals surface area (Å²) < 4.78 is 16.4. The Morgan fingerprint density at radius 1 is 0.719 bits per heavy atom. The second kappa shape index (κ2) is 18.6. The number of methoxy groups -OCH3 is 1. The molecule has 2 fully saturated rings. The molecule has 340 valence electrons. The number of hydrogen-bond acceptors (Lipinski definition) is 14. The van der Waals surface area contributed by atoms with E-state index in [9.17, 15) is 24.6 Å². The summed E-state index contributed by atoms with van der Waals surface area (Å²) in [7, 11) is 1.41. The Morgan fingerprint density at radius 2 is 1.28 bits per heavy atom. The minimum absolute atomic E-state index is 0.000795. The van der Waals surface area contributed by atoms with E-state index in [4.69, 9.17) is 30.2 Å². The van der Waals surface area contributed by atoms with Crippen LogP contribution in [0.2, 0.25) is 0 Å². The lowest BCUT2D eigenvalue weighted by molar-refractivity contribution is -0.151. The fourth-order valence-corrected chi connectivity index (χ4v) is 11.4. The van der Waals surface area contributed by atoms with Crippen LogP contribution < -0.4 is 26.6 Å². The molecule has 7 N–H and O–H groups in total. The van der Waals surface area contributed by atoms with Gasteiger partial charge in [0.2, 0.25) is 5.43 Å². The zero-order chi connectivity index (χ0) is 45.6. The molecule has 3 aliphatic rings. The molecule has 3 aliphatic carbocycles. The van der Waals surface area contributed by atoms with E-state index in [2.05, 4.69) is 5.32 Å². The number of carbonyl (C=O) groups is 3. The first-order valence-corrected chi connectivity index (χ1v) is 22.6. The molecule has 14 heteroatoms. The van der Waals surface area contributed by atoms with Gasteiger partial charge in [-0.3, -0.25) is 24.0 Å². The number of fused-ring (bicyclic) bond motifs is 1. The topological polar surface area (TPSA) is 232 Å². The fraction of sp³-hybridized carbons (Fsp3) is 0.500. The molecule has 2 saturated carbocycles. The van der Waals surface area contributed by atoms with Gasteiger partial charge in [0.25, 0.3) is 0 Å². The first kappa shape index (κ1) is 45.2. The van der Waals surface area contributed by atoms with Gasteiger partial charge in [0.1, 0.15) is 19.0 Å². The molecule has 0 radical (unpaired) electrons. The highest BCUT2D eigenvalue weighted by Crippen LogP contribution is 2.53. The van der Waals surface area contributed by atoms with E-state index in [-0.39, 0.29) is 90.1 Å². The minimum Gasteiger partial charge on any atom is -0.492 e. The molecule has 0 saturated heterocycles. The van der Waals surface area contributed by atoms with Crippen LogP contribution in [0.25, 0.3) is 49.2 Å². The molecule has 0 spiro atoms. The lowest BCUT2D eigenvalue weighted by Crippen LogP contribution is -2.27. The van der Waals surface area contributed by atoms with Gasteiger partial charge in [-0.2, -0.15) is 0 Å². The van der Waals surface area contributed by atoms with Gasteiger partial charge >= 0.3 is 11.9 Å². The maximum atomic E-state index is 15.2. The molecule has 1 atom stereocenters. The van der Waals surface area contributed by atoms with Crippen LogP contribution in [0.1, 0.15) is 105 Å². The molecule has 8 rings (SSSR count). The molecular weight excluding hydrogens is 821 g/mol. The zero-order valence-electron chi connectivity index (χ0n) is 36.8. The van der Waals surface area contributed by atoms with E-state index in [1.54, 1.807) is 12.1 Å². The lowest BCUT2D eigenvalue weighted by atomic mass is 9.77. The highest BCUT2D eigenvalue weighted by Gasteiger charge is 2.37. The van der Waals surface area contributed by atoms with E-state index < -0.39 is 24.6 Å². The van der Waals surface area contributed by atoms with Crippen molar-refractivity contribution in [1.82, 2.24) is 0 Å². The molecule has 0 aliphatic heterocycles. The van der Waals surface area contributed by atoms with Crippen LogP contribution in [0.15, 0.2) is 27.3 Å². The summed E-state index contributed by atoms with van der Waals surface area (Å²) in [4.78, 5) is 69.4. The number of esters is 2. The zero-order valence-corrected chi connectivity index (χ0v) is 36.8. The van der Waals surface area contributed by atoms with Crippen LogP contribution in [0.5, 0.6) is 5.75 Å². The molecule has 0 heterocycles. The second-order valence-corrected chi connectivity index (χ2v) is 18.1. The number of allylic oxidation sites excluding steroid dienone is 1. The summed E-state index contributed by atoms with van der Waals surface area (Å²) in [6.45, 7) is 2.32. The van der Waals surface area contributed by atoms with Crippen molar-refractivity contribution in [3.8, 4) is 5.75 Å². The Hall–Kier alpha value is -5.41. The van der Waals surface area contributed by atoms with Crippen LogP contribution >= 0.6 is 0 Å². The van der Waals surface area contributed by atoms with E-state index in [0.29, 0.717) is 122 Å². The summed E-state index contributed by atoms with van der Waals surface area (Å²) in [5, 5.41) is 47.7. The predicted octanol–water partition coefficient (Wildman–Crippen LogP) is 5.59. The van der Waals surface area contributed by atoms with Gasteiger partial charge in [0.15, 0.2) is 11.2 Å². The predicted molar refractivity (Wildman–Crippen MR) is 245 cm³/mol. The Bertz CT molecular complexity index is 2780. The van der Waals surface area contributed by atoms with Crippen molar-refractivity contribution in [3.63, 3.8) is 0 Å². The van der Waals surface area contributed by atoms with Crippen LogP contribution in [-0.2, 0) is 43.5 Å². The number of nitrogens with two attached hydrogens (primary N) is 1. The summed E-state index contributed by atoms with van der Waals surface area (Å²) in [6.07, 6.45) is 8.39. The molecule has 0 amide bonds. The molecule has 1 unspecified atom stereocenters.